The van der Waals surface area contributed by atoms with Gasteiger partial charge in [-0.05, 0) is 41.0 Å². The van der Waals surface area contributed by atoms with Crippen molar-refractivity contribution >= 4 is 0 Å². The summed E-state index contributed by atoms with van der Waals surface area (Å²) in [6, 6.07) is 0.487. The van der Waals surface area contributed by atoms with Gasteiger partial charge in [0.2, 0.25) is 0 Å². The molecule has 2 nitrogen and oxygen atoms in total. The molecule has 0 spiro atoms. The summed E-state index contributed by atoms with van der Waals surface area (Å²) in [5.74, 6) is 0. The van der Waals surface area contributed by atoms with Gasteiger partial charge in [-0.2, -0.15) is 0 Å². The molecule has 2 heteroatoms. The molecule has 0 aromatic carbocycles. The van der Waals surface area contributed by atoms with Crippen LogP contribution in [0.2, 0.25) is 0 Å². The zero-order valence-corrected chi connectivity index (χ0v) is 10.5. The summed E-state index contributed by atoms with van der Waals surface area (Å²) < 4.78 is 5.38. The number of ether oxygens (including phenoxy) is 1. The maximum absolute atomic E-state index is 5.38. The molecule has 0 amide bonds. The molecule has 84 valence electrons. The maximum Gasteiger partial charge on any atom is 0.0637 e. The fraction of sp³-hybridized carbons (Fsp3) is 0.833. The molecule has 1 N–H and O–H groups in total. The normalized spacial score (nSPS) is 13.9. The van der Waals surface area contributed by atoms with Gasteiger partial charge in [-0.3, -0.25) is 0 Å². The molecule has 0 aromatic heterocycles. The highest BCUT2D eigenvalue weighted by atomic mass is 16.5. The van der Waals surface area contributed by atoms with E-state index >= 15 is 0 Å². The standard InChI is InChI=1S/C12H25NO/c1-10(2)7-8-13-11(3)9-12(4,5)14-6/h7,11,13H,8-9H2,1-6H3. The van der Waals surface area contributed by atoms with Crippen molar-refractivity contribution in [2.75, 3.05) is 13.7 Å². The summed E-state index contributed by atoms with van der Waals surface area (Å²) in [6.45, 7) is 11.6. The van der Waals surface area contributed by atoms with Crippen molar-refractivity contribution in [3.05, 3.63) is 11.6 Å². The summed E-state index contributed by atoms with van der Waals surface area (Å²) in [4.78, 5) is 0. The maximum atomic E-state index is 5.38. The van der Waals surface area contributed by atoms with E-state index in [1.54, 1.807) is 7.11 Å². The molecule has 0 saturated heterocycles. The molecule has 0 aromatic rings. The topological polar surface area (TPSA) is 21.3 Å². The lowest BCUT2D eigenvalue weighted by Gasteiger charge is -2.26. The molecule has 0 bridgehead atoms. The summed E-state index contributed by atoms with van der Waals surface area (Å²) in [6.07, 6.45) is 3.23. The molecule has 1 unspecified atom stereocenters. The Hall–Kier alpha value is -0.340. The minimum atomic E-state index is -0.0304. The van der Waals surface area contributed by atoms with Crippen LogP contribution in [0.15, 0.2) is 11.6 Å². The van der Waals surface area contributed by atoms with E-state index in [0.29, 0.717) is 6.04 Å². The summed E-state index contributed by atoms with van der Waals surface area (Å²) in [5, 5.41) is 3.45. The van der Waals surface area contributed by atoms with E-state index in [1.807, 2.05) is 0 Å². The highest BCUT2D eigenvalue weighted by Gasteiger charge is 2.19. The number of hydrogen-bond donors (Lipinski definition) is 1. The van der Waals surface area contributed by atoms with Gasteiger partial charge in [-0.1, -0.05) is 11.6 Å². The SMILES string of the molecule is COC(C)(C)CC(C)NCC=C(C)C. The number of rotatable bonds is 6. The lowest BCUT2D eigenvalue weighted by molar-refractivity contribution is 0.00886. The Morgan fingerprint density at radius 1 is 1.43 bits per heavy atom. The Bertz CT molecular complexity index is 181. The Morgan fingerprint density at radius 3 is 2.43 bits per heavy atom. The molecule has 0 aliphatic heterocycles. The molecule has 0 aliphatic rings. The molecule has 0 radical (unpaired) electrons. The number of allylic oxidation sites excluding steroid dienone is 1. The fourth-order valence-electron chi connectivity index (χ4n) is 1.36. The molecule has 1 atom stereocenters. The second kappa shape index (κ2) is 6.20. The first-order chi connectivity index (χ1) is 6.37. The largest absolute Gasteiger partial charge is 0.379 e. The van der Waals surface area contributed by atoms with E-state index in [0.717, 1.165) is 13.0 Å². The quantitative estimate of drug-likeness (QED) is 0.664. The highest BCUT2D eigenvalue weighted by Crippen LogP contribution is 2.15. The average Bonchev–Trinajstić information content (AvgIpc) is 2.02. The van der Waals surface area contributed by atoms with Crippen molar-refractivity contribution in [2.24, 2.45) is 0 Å². The van der Waals surface area contributed by atoms with Crippen molar-refractivity contribution in [3.8, 4) is 0 Å². The summed E-state index contributed by atoms with van der Waals surface area (Å²) >= 11 is 0. The van der Waals surface area contributed by atoms with Crippen LogP contribution in [0.3, 0.4) is 0 Å². The van der Waals surface area contributed by atoms with Crippen molar-refractivity contribution in [2.45, 2.75) is 52.7 Å². The van der Waals surface area contributed by atoms with E-state index in [2.05, 4.69) is 46.0 Å². The van der Waals surface area contributed by atoms with Crippen molar-refractivity contribution < 1.29 is 4.74 Å². The van der Waals surface area contributed by atoms with E-state index in [-0.39, 0.29) is 5.60 Å². The molecule has 0 heterocycles. The van der Waals surface area contributed by atoms with E-state index in [1.165, 1.54) is 5.57 Å². The second-order valence-corrected chi connectivity index (χ2v) is 4.76. The van der Waals surface area contributed by atoms with Crippen LogP contribution in [0.1, 0.15) is 41.0 Å². The molecule has 0 saturated carbocycles. The minimum absolute atomic E-state index is 0.0304. The van der Waals surface area contributed by atoms with Crippen LogP contribution in [-0.2, 0) is 4.74 Å². The fourth-order valence-corrected chi connectivity index (χ4v) is 1.36. The smallest absolute Gasteiger partial charge is 0.0637 e. The monoisotopic (exact) mass is 199 g/mol. The first-order valence-corrected chi connectivity index (χ1v) is 5.29. The van der Waals surface area contributed by atoms with Crippen LogP contribution >= 0.6 is 0 Å². The van der Waals surface area contributed by atoms with Crippen LogP contribution < -0.4 is 5.32 Å². The minimum Gasteiger partial charge on any atom is -0.379 e. The first-order valence-electron chi connectivity index (χ1n) is 5.29. The van der Waals surface area contributed by atoms with E-state index in [9.17, 15) is 0 Å². The number of hydrogen-bond acceptors (Lipinski definition) is 2. The molecule has 14 heavy (non-hydrogen) atoms. The van der Waals surface area contributed by atoms with Crippen LogP contribution in [-0.4, -0.2) is 25.3 Å². The molecular weight excluding hydrogens is 174 g/mol. The third-order valence-electron chi connectivity index (χ3n) is 2.33. The van der Waals surface area contributed by atoms with Crippen molar-refractivity contribution in [3.63, 3.8) is 0 Å². The van der Waals surface area contributed by atoms with Gasteiger partial charge >= 0.3 is 0 Å². The number of nitrogens with one attached hydrogen (secondary N) is 1. The van der Waals surface area contributed by atoms with Crippen LogP contribution in [0.5, 0.6) is 0 Å². The molecule has 0 rings (SSSR count). The Kier molecular flexibility index (Phi) is 6.05. The Balaban J connectivity index is 3.76. The molecule has 0 fully saturated rings. The lowest BCUT2D eigenvalue weighted by atomic mass is 10.00. The lowest BCUT2D eigenvalue weighted by Crippen LogP contribution is -2.35. The van der Waals surface area contributed by atoms with Gasteiger partial charge in [-0.15, -0.1) is 0 Å². The van der Waals surface area contributed by atoms with Gasteiger partial charge in [0.15, 0.2) is 0 Å². The second-order valence-electron chi connectivity index (χ2n) is 4.76. The van der Waals surface area contributed by atoms with Crippen LogP contribution in [0.25, 0.3) is 0 Å². The van der Waals surface area contributed by atoms with Crippen molar-refractivity contribution in [1.29, 1.82) is 0 Å². The van der Waals surface area contributed by atoms with Crippen LogP contribution in [0.4, 0.5) is 0 Å². The van der Waals surface area contributed by atoms with E-state index in [4.69, 9.17) is 4.74 Å². The Morgan fingerprint density at radius 2 is 2.00 bits per heavy atom. The number of methoxy groups -OCH3 is 1. The molecule has 0 aliphatic carbocycles. The van der Waals surface area contributed by atoms with Crippen LogP contribution in [0, 0.1) is 0 Å². The van der Waals surface area contributed by atoms with Gasteiger partial charge in [0, 0.05) is 19.7 Å². The van der Waals surface area contributed by atoms with Gasteiger partial charge in [0.25, 0.3) is 0 Å². The predicted molar refractivity (Wildman–Crippen MR) is 62.6 cm³/mol. The first kappa shape index (κ1) is 13.7. The third-order valence-corrected chi connectivity index (χ3v) is 2.33. The third kappa shape index (κ3) is 7.10. The van der Waals surface area contributed by atoms with E-state index < -0.39 is 0 Å². The van der Waals surface area contributed by atoms with Crippen molar-refractivity contribution in [1.82, 2.24) is 5.32 Å². The summed E-state index contributed by atoms with van der Waals surface area (Å²) in [7, 11) is 1.77. The highest BCUT2D eigenvalue weighted by molar-refractivity contribution is 4.94. The van der Waals surface area contributed by atoms with Gasteiger partial charge in [0.1, 0.15) is 0 Å². The van der Waals surface area contributed by atoms with Gasteiger partial charge in [-0.25, -0.2) is 0 Å². The zero-order chi connectivity index (χ0) is 11.2. The van der Waals surface area contributed by atoms with Gasteiger partial charge < -0.3 is 10.1 Å². The predicted octanol–water partition coefficient (Wildman–Crippen LogP) is 2.75. The molecular formula is C12H25NO. The zero-order valence-electron chi connectivity index (χ0n) is 10.5. The summed E-state index contributed by atoms with van der Waals surface area (Å²) in [5.41, 5.74) is 1.33. The Labute approximate surface area is 88.7 Å². The van der Waals surface area contributed by atoms with Gasteiger partial charge in [0.05, 0.1) is 5.60 Å². The average molecular weight is 199 g/mol.